The van der Waals surface area contributed by atoms with Gasteiger partial charge in [-0.15, -0.1) is 5.10 Å². The third kappa shape index (κ3) is 3.99. The summed E-state index contributed by atoms with van der Waals surface area (Å²) < 4.78 is 7.03. The van der Waals surface area contributed by atoms with Crippen LogP contribution in [0.1, 0.15) is 31.3 Å². The molecule has 5 rings (SSSR count). The van der Waals surface area contributed by atoms with E-state index in [4.69, 9.17) is 4.74 Å². The van der Waals surface area contributed by atoms with Gasteiger partial charge in [-0.1, -0.05) is 6.07 Å². The monoisotopic (exact) mass is 393 g/mol. The molecular formula is C21H27N7O. The lowest BCUT2D eigenvalue weighted by Gasteiger charge is -2.42. The Morgan fingerprint density at radius 3 is 2.93 bits per heavy atom. The van der Waals surface area contributed by atoms with Crippen LogP contribution in [0.15, 0.2) is 43.1 Å². The first kappa shape index (κ1) is 18.2. The van der Waals surface area contributed by atoms with E-state index < -0.39 is 0 Å². The second kappa shape index (κ2) is 7.88. The summed E-state index contributed by atoms with van der Waals surface area (Å²) in [6.07, 6.45) is 7.31. The molecule has 152 valence electrons. The average molecular weight is 393 g/mol. The second-order valence-electron chi connectivity index (χ2n) is 7.86. The zero-order valence-electron chi connectivity index (χ0n) is 16.5. The van der Waals surface area contributed by atoms with Crippen LogP contribution >= 0.6 is 0 Å². The molecule has 2 aromatic heterocycles. The number of anilines is 2. The van der Waals surface area contributed by atoms with Crippen LogP contribution in [0.3, 0.4) is 0 Å². The normalized spacial score (nSPS) is 20.4. The maximum atomic E-state index is 5.39. The van der Waals surface area contributed by atoms with Gasteiger partial charge in [-0.3, -0.25) is 4.90 Å². The second-order valence-corrected chi connectivity index (χ2v) is 7.86. The highest BCUT2D eigenvalue weighted by molar-refractivity contribution is 5.56. The molecule has 0 spiro atoms. The van der Waals surface area contributed by atoms with Crippen LogP contribution in [-0.4, -0.2) is 62.0 Å². The van der Waals surface area contributed by atoms with E-state index in [1.165, 1.54) is 36.8 Å². The fourth-order valence-corrected chi connectivity index (χ4v) is 4.14. The first-order valence-electron chi connectivity index (χ1n) is 10.1. The molecule has 1 atom stereocenters. The van der Waals surface area contributed by atoms with E-state index in [1.54, 1.807) is 23.3 Å². The largest absolute Gasteiger partial charge is 0.378 e. The average Bonchev–Trinajstić information content (AvgIpc) is 3.16. The van der Waals surface area contributed by atoms with E-state index in [-0.39, 0.29) is 1.43 Å². The van der Waals surface area contributed by atoms with Gasteiger partial charge in [-0.25, -0.2) is 14.6 Å². The van der Waals surface area contributed by atoms with E-state index in [2.05, 4.69) is 55.4 Å². The Labute approximate surface area is 171 Å². The number of likely N-dealkylation sites (tertiary alicyclic amines) is 1. The minimum absolute atomic E-state index is 0. The Morgan fingerprint density at radius 1 is 1.21 bits per heavy atom. The molecule has 2 aliphatic heterocycles. The molecule has 2 aliphatic rings. The predicted molar refractivity (Wildman–Crippen MR) is 112 cm³/mol. The number of piperidine rings is 1. The van der Waals surface area contributed by atoms with Crippen LogP contribution in [-0.2, 0) is 4.74 Å². The smallest absolute Gasteiger partial charge is 0.247 e. The fourth-order valence-electron chi connectivity index (χ4n) is 4.14. The van der Waals surface area contributed by atoms with Gasteiger partial charge >= 0.3 is 0 Å². The van der Waals surface area contributed by atoms with Crippen LogP contribution in [0.25, 0.3) is 5.82 Å². The molecule has 4 heterocycles. The van der Waals surface area contributed by atoms with E-state index in [0.717, 1.165) is 25.4 Å². The van der Waals surface area contributed by atoms with Crippen molar-refractivity contribution in [2.24, 2.45) is 0 Å². The maximum Gasteiger partial charge on any atom is 0.247 e. The zero-order valence-corrected chi connectivity index (χ0v) is 16.5. The van der Waals surface area contributed by atoms with Gasteiger partial charge in [0.05, 0.1) is 19.3 Å². The maximum absolute atomic E-state index is 5.39. The minimum Gasteiger partial charge on any atom is -0.378 e. The van der Waals surface area contributed by atoms with Crippen molar-refractivity contribution in [3.8, 4) is 5.82 Å². The molecule has 1 unspecified atom stereocenters. The highest BCUT2D eigenvalue weighted by Gasteiger charge is 2.31. The van der Waals surface area contributed by atoms with Crippen molar-refractivity contribution in [2.45, 2.75) is 31.7 Å². The highest BCUT2D eigenvalue weighted by atomic mass is 16.5. The third-order valence-electron chi connectivity index (χ3n) is 5.71. The van der Waals surface area contributed by atoms with E-state index in [9.17, 15) is 0 Å². The number of nitrogens with one attached hydrogen (secondary N) is 1. The Morgan fingerprint density at radius 2 is 2.14 bits per heavy atom. The molecule has 1 N–H and O–H groups in total. The van der Waals surface area contributed by atoms with Crippen molar-refractivity contribution in [1.29, 1.82) is 0 Å². The summed E-state index contributed by atoms with van der Waals surface area (Å²) in [5, 5.41) is 7.83. The van der Waals surface area contributed by atoms with Gasteiger partial charge in [-0.05, 0) is 55.5 Å². The first-order valence-corrected chi connectivity index (χ1v) is 10.1. The Balaban J connectivity index is 0.00000218. The number of hydrogen-bond acceptors (Lipinski definition) is 7. The van der Waals surface area contributed by atoms with Crippen molar-refractivity contribution in [1.82, 2.24) is 29.6 Å². The van der Waals surface area contributed by atoms with Crippen LogP contribution in [0, 0.1) is 6.92 Å². The molecular weight excluding hydrogens is 366 g/mol. The summed E-state index contributed by atoms with van der Waals surface area (Å²) in [5.41, 5.74) is 3.64. The van der Waals surface area contributed by atoms with Gasteiger partial charge in [-0.2, -0.15) is 4.98 Å². The van der Waals surface area contributed by atoms with Crippen LogP contribution in [0.4, 0.5) is 11.6 Å². The standard InChI is InChI=1S/C21H25N7O.H2/c1-15-7-17(16-3-2-6-27(10-16)19-11-29-12-19)9-18(8-15)25-21-24-14-28(26-21)20-4-5-22-13-23-20;/h4-5,7-9,13-14,16,19H,2-3,6,10-12H2,1H3,(H,25,26);1H. The van der Waals surface area contributed by atoms with Gasteiger partial charge in [0.2, 0.25) is 5.95 Å². The number of benzene rings is 1. The Kier molecular flexibility index (Phi) is 4.95. The van der Waals surface area contributed by atoms with E-state index >= 15 is 0 Å². The molecule has 1 aromatic carbocycles. The van der Waals surface area contributed by atoms with Gasteiger partial charge in [0.1, 0.15) is 12.7 Å². The van der Waals surface area contributed by atoms with Crippen molar-refractivity contribution < 1.29 is 6.16 Å². The van der Waals surface area contributed by atoms with Crippen molar-refractivity contribution >= 4 is 11.6 Å². The number of hydrogen-bond donors (Lipinski definition) is 1. The third-order valence-corrected chi connectivity index (χ3v) is 5.71. The molecule has 8 heteroatoms. The lowest BCUT2D eigenvalue weighted by atomic mass is 9.88. The molecule has 2 saturated heterocycles. The van der Waals surface area contributed by atoms with Gasteiger partial charge in [0, 0.05) is 25.9 Å². The number of aryl methyl sites for hydroxylation is 1. The summed E-state index contributed by atoms with van der Waals surface area (Å²) in [4.78, 5) is 15.1. The summed E-state index contributed by atoms with van der Waals surface area (Å²) in [7, 11) is 0. The lowest BCUT2D eigenvalue weighted by molar-refractivity contribution is -0.0721. The van der Waals surface area contributed by atoms with Crippen LogP contribution in [0.2, 0.25) is 0 Å². The lowest BCUT2D eigenvalue weighted by Crippen LogP contribution is -2.52. The SMILES string of the molecule is Cc1cc(Nc2ncn(-c3ccncn3)n2)cc(C2CCCN(C3COC3)C2)c1.[HH]. The first-order chi connectivity index (χ1) is 14.2. The zero-order chi connectivity index (χ0) is 19.6. The summed E-state index contributed by atoms with van der Waals surface area (Å²) >= 11 is 0. The summed E-state index contributed by atoms with van der Waals surface area (Å²) in [6, 6.07) is 9.09. The molecule has 0 aliphatic carbocycles. The summed E-state index contributed by atoms with van der Waals surface area (Å²) in [6.45, 7) is 6.20. The number of rotatable bonds is 5. The van der Waals surface area contributed by atoms with Gasteiger partial charge in [0.15, 0.2) is 5.82 Å². The fraction of sp³-hybridized carbons (Fsp3) is 0.429. The topological polar surface area (TPSA) is 81.0 Å². The molecule has 0 amide bonds. The van der Waals surface area contributed by atoms with E-state index in [0.29, 0.717) is 23.7 Å². The number of aromatic nitrogens is 5. The van der Waals surface area contributed by atoms with Crippen molar-refractivity contribution in [2.75, 3.05) is 31.6 Å². The number of nitrogens with zero attached hydrogens (tertiary/aromatic N) is 6. The Hall–Kier alpha value is -2.84. The quantitative estimate of drug-likeness (QED) is 0.714. The molecule has 8 nitrogen and oxygen atoms in total. The molecule has 2 fully saturated rings. The molecule has 0 bridgehead atoms. The van der Waals surface area contributed by atoms with Gasteiger partial charge < -0.3 is 10.1 Å². The minimum atomic E-state index is 0. The Bertz CT molecular complexity index is 976. The van der Waals surface area contributed by atoms with Crippen molar-refractivity contribution in [3.05, 3.63) is 54.2 Å². The molecule has 3 aromatic rings. The van der Waals surface area contributed by atoms with E-state index in [1.807, 2.05) is 0 Å². The van der Waals surface area contributed by atoms with Gasteiger partial charge in [0.25, 0.3) is 0 Å². The summed E-state index contributed by atoms with van der Waals surface area (Å²) in [5.74, 6) is 1.79. The number of ether oxygens (including phenoxy) is 1. The van der Waals surface area contributed by atoms with Crippen molar-refractivity contribution in [3.63, 3.8) is 0 Å². The van der Waals surface area contributed by atoms with Crippen LogP contribution in [0.5, 0.6) is 0 Å². The molecule has 0 radical (unpaired) electrons. The molecule has 0 saturated carbocycles. The predicted octanol–water partition coefficient (Wildman–Crippen LogP) is 2.93. The highest BCUT2D eigenvalue weighted by Crippen LogP contribution is 2.32. The van der Waals surface area contributed by atoms with Crippen LogP contribution < -0.4 is 5.32 Å². The molecule has 29 heavy (non-hydrogen) atoms.